The number of carboxylic acid groups (broad SMARTS) is 1. The van der Waals surface area contributed by atoms with Crippen molar-refractivity contribution in [3.8, 4) is 11.8 Å². The van der Waals surface area contributed by atoms with Crippen molar-refractivity contribution in [2.45, 2.75) is 139 Å². The third-order valence-corrected chi connectivity index (χ3v) is 16.0. The fourth-order valence-electron chi connectivity index (χ4n) is 13.1. The van der Waals surface area contributed by atoms with Crippen molar-refractivity contribution < 1.29 is 19.4 Å². The molecule has 5 saturated carbocycles. The minimum Gasteiger partial charge on any atom is -0.481 e. The lowest BCUT2D eigenvalue weighted by atomic mass is 9.32. The number of aliphatic carboxylic acids is 1. The smallest absolute Gasteiger partial charge is 0.309 e. The first-order chi connectivity index (χ1) is 22.3. The van der Waals surface area contributed by atoms with Gasteiger partial charge in [-0.1, -0.05) is 76.8 Å². The highest BCUT2D eigenvalue weighted by atomic mass is 16.5. The van der Waals surface area contributed by atoms with E-state index in [-0.39, 0.29) is 45.6 Å². The Morgan fingerprint density at radius 3 is 2.29 bits per heavy atom. The Bertz CT molecular complexity index is 1540. The molecular formula is C44H62O4. The number of allylic oxidation sites excluding steroid dienone is 1. The van der Waals surface area contributed by atoms with E-state index < -0.39 is 11.4 Å². The zero-order chi connectivity index (χ0) is 35.1. The molecule has 4 unspecified atom stereocenters. The molecule has 0 aliphatic heterocycles. The Morgan fingerprint density at radius 1 is 0.917 bits per heavy atom. The van der Waals surface area contributed by atoms with E-state index in [2.05, 4.69) is 91.2 Å². The van der Waals surface area contributed by atoms with Gasteiger partial charge in [-0.15, -0.1) is 0 Å². The van der Waals surface area contributed by atoms with Gasteiger partial charge in [-0.05, 0) is 149 Å². The van der Waals surface area contributed by atoms with Gasteiger partial charge in [-0.2, -0.15) is 0 Å². The van der Waals surface area contributed by atoms with E-state index in [1.54, 1.807) is 13.8 Å². The van der Waals surface area contributed by atoms with Gasteiger partial charge in [0.1, 0.15) is 6.10 Å². The molecule has 1 N–H and O–H groups in total. The number of carbonyl (C=O) groups excluding carboxylic acids is 1. The SMILES string of the molecule is C=C(C)[C@H]1CC[C@]2(C#Cc3ccccc3C)CC[C@]3(C)C(CCC4[C@@]5(C)CC[C@H](OC(=O)CC(C)(C)C(=O)O)C(C)(C)C5CC[C@]43C)C12. The van der Waals surface area contributed by atoms with E-state index >= 15 is 0 Å². The summed E-state index contributed by atoms with van der Waals surface area (Å²) in [5, 5.41) is 9.60. The highest BCUT2D eigenvalue weighted by molar-refractivity contribution is 5.81. The second-order valence-corrected chi connectivity index (χ2v) is 19.1. The largest absolute Gasteiger partial charge is 0.481 e. The van der Waals surface area contributed by atoms with Crippen LogP contribution in [0.15, 0.2) is 36.4 Å². The molecular weight excluding hydrogens is 592 g/mol. The van der Waals surface area contributed by atoms with Gasteiger partial charge in [-0.25, -0.2) is 0 Å². The van der Waals surface area contributed by atoms with Crippen molar-refractivity contribution >= 4 is 11.9 Å². The Labute approximate surface area is 291 Å². The minimum atomic E-state index is -1.13. The van der Waals surface area contributed by atoms with E-state index in [4.69, 9.17) is 4.74 Å². The summed E-state index contributed by atoms with van der Waals surface area (Å²) < 4.78 is 6.19. The number of fused-ring (bicyclic) bond motifs is 7. The van der Waals surface area contributed by atoms with Gasteiger partial charge in [0, 0.05) is 16.4 Å². The monoisotopic (exact) mass is 654 g/mol. The normalized spacial score (nSPS) is 41.4. The third-order valence-electron chi connectivity index (χ3n) is 16.0. The summed E-state index contributed by atoms with van der Waals surface area (Å²) in [6, 6.07) is 8.59. The Hall–Kier alpha value is -2.54. The molecule has 48 heavy (non-hydrogen) atoms. The summed E-state index contributed by atoms with van der Waals surface area (Å²) in [6.45, 7) is 24.8. The quantitative estimate of drug-likeness (QED) is 0.195. The van der Waals surface area contributed by atoms with E-state index in [0.717, 1.165) is 19.3 Å². The van der Waals surface area contributed by atoms with Crippen molar-refractivity contribution in [1.82, 2.24) is 0 Å². The molecule has 4 nitrogen and oxygen atoms in total. The first kappa shape index (κ1) is 35.3. The average Bonchev–Trinajstić information content (AvgIpc) is 3.38. The fraction of sp³-hybridized carbons (Fsp3) is 0.727. The van der Waals surface area contributed by atoms with E-state index in [0.29, 0.717) is 29.6 Å². The number of hydrogen-bond donors (Lipinski definition) is 1. The van der Waals surface area contributed by atoms with Crippen LogP contribution in [-0.4, -0.2) is 23.1 Å². The number of rotatable bonds is 5. The van der Waals surface area contributed by atoms with Crippen LogP contribution < -0.4 is 0 Å². The second kappa shape index (κ2) is 11.8. The van der Waals surface area contributed by atoms with Crippen LogP contribution in [0.25, 0.3) is 0 Å². The molecule has 0 saturated heterocycles. The third kappa shape index (κ3) is 5.22. The highest BCUT2D eigenvalue weighted by Crippen LogP contribution is 2.77. The van der Waals surface area contributed by atoms with Crippen LogP contribution in [0.3, 0.4) is 0 Å². The predicted molar refractivity (Wildman–Crippen MR) is 193 cm³/mol. The molecule has 0 aromatic heterocycles. The molecule has 0 bridgehead atoms. The number of benzene rings is 1. The number of aryl methyl sites for hydroxylation is 1. The summed E-state index contributed by atoms with van der Waals surface area (Å²) in [7, 11) is 0. The van der Waals surface area contributed by atoms with Crippen molar-refractivity contribution in [2.75, 3.05) is 0 Å². The van der Waals surface area contributed by atoms with Crippen LogP contribution in [0.5, 0.6) is 0 Å². The number of hydrogen-bond acceptors (Lipinski definition) is 3. The molecule has 4 heteroatoms. The first-order valence-electron chi connectivity index (χ1n) is 19.0. The lowest BCUT2D eigenvalue weighted by Crippen LogP contribution is -2.66. The molecule has 5 aliphatic carbocycles. The zero-order valence-corrected chi connectivity index (χ0v) is 31.4. The van der Waals surface area contributed by atoms with Gasteiger partial charge in [0.15, 0.2) is 0 Å². The van der Waals surface area contributed by atoms with Crippen molar-refractivity contribution in [3.63, 3.8) is 0 Å². The van der Waals surface area contributed by atoms with E-state index in [9.17, 15) is 14.7 Å². The lowest BCUT2D eigenvalue weighted by Gasteiger charge is -2.72. The molecule has 5 aliphatic rings. The summed E-state index contributed by atoms with van der Waals surface area (Å²) in [6.07, 6.45) is 11.4. The molecule has 262 valence electrons. The first-order valence-corrected chi connectivity index (χ1v) is 19.0. The summed E-state index contributed by atoms with van der Waals surface area (Å²) in [5.41, 5.74) is 3.23. The zero-order valence-electron chi connectivity index (χ0n) is 31.4. The maximum absolute atomic E-state index is 13.1. The van der Waals surface area contributed by atoms with Gasteiger partial charge in [0.2, 0.25) is 0 Å². The molecule has 0 spiro atoms. The second-order valence-electron chi connectivity index (χ2n) is 19.1. The Kier molecular flexibility index (Phi) is 8.66. The van der Waals surface area contributed by atoms with Crippen molar-refractivity contribution in [1.29, 1.82) is 0 Å². The van der Waals surface area contributed by atoms with Crippen molar-refractivity contribution in [3.05, 3.63) is 47.5 Å². The van der Waals surface area contributed by atoms with E-state index in [1.165, 1.54) is 61.6 Å². The van der Waals surface area contributed by atoms with Gasteiger partial charge in [0.25, 0.3) is 0 Å². The number of carbonyl (C=O) groups is 2. The van der Waals surface area contributed by atoms with Crippen LogP contribution in [0.4, 0.5) is 0 Å². The lowest BCUT2D eigenvalue weighted by molar-refractivity contribution is -0.247. The number of ether oxygens (including phenoxy) is 1. The van der Waals surface area contributed by atoms with Crippen LogP contribution in [0.2, 0.25) is 0 Å². The van der Waals surface area contributed by atoms with Gasteiger partial charge >= 0.3 is 11.9 Å². The summed E-state index contributed by atoms with van der Waals surface area (Å²) >= 11 is 0. The minimum absolute atomic E-state index is 0.0690. The molecule has 5 fully saturated rings. The highest BCUT2D eigenvalue weighted by Gasteiger charge is 2.71. The average molecular weight is 655 g/mol. The molecule has 10 atom stereocenters. The number of esters is 1. The topological polar surface area (TPSA) is 63.6 Å². The molecule has 0 amide bonds. The Morgan fingerprint density at radius 2 is 1.62 bits per heavy atom. The predicted octanol–water partition coefficient (Wildman–Crippen LogP) is 10.4. The van der Waals surface area contributed by atoms with Crippen molar-refractivity contribution in [2.24, 2.45) is 62.1 Å². The van der Waals surface area contributed by atoms with Crippen LogP contribution >= 0.6 is 0 Å². The van der Waals surface area contributed by atoms with Gasteiger partial charge < -0.3 is 9.84 Å². The van der Waals surface area contributed by atoms with Crippen LogP contribution in [0.1, 0.15) is 137 Å². The van der Waals surface area contributed by atoms with Gasteiger partial charge in [-0.3, -0.25) is 9.59 Å². The standard InChI is InChI=1S/C44H62O4/c1-28(2)31-18-24-44(23-17-30-14-12-11-13-29(30)3)26-25-42(9)32(37(31)44)15-16-34-41(8)21-20-35(48-36(45)27-39(4,5)38(46)47)40(6,7)33(41)19-22-43(34,42)10/h11-14,31-35,37H,1,15-16,18-22,24-27H2,2-10H3,(H,46,47)/t31-,32?,33?,34?,35+,37?,41+,42-,43-,44-/m1/s1. The maximum atomic E-state index is 13.1. The molecule has 1 aromatic carbocycles. The van der Waals surface area contributed by atoms with E-state index in [1.807, 2.05) is 0 Å². The fourth-order valence-corrected chi connectivity index (χ4v) is 13.1. The molecule has 0 heterocycles. The van der Waals surface area contributed by atoms with Gasteiger partial charge in [0.05, 0.1) is 11.8 Å². The maximum Gasteiger partial charge on any atom is 0.309 e. The molecule has 6 rings (SSSR count). The molecule has 1 aromatic rings. The number of carboxylic acids is 1. The van der Waals surface area contributed by atoms with Crippen LogP contribution in [-0.2, 0) is 14.3 Å². The summed E-state index contributed by atoms with van der Waals surface area (Å²) in [4.78, 5) is 24.8. The van der Waals surface area contributed by atoms with Crippen LogP contribution in [0, 0.1) is 80.8 Å². The molecule has 0 radical (unpaired) electrons. The summed E-state index contributed by atoms with van der Waals surface area (Å²) in [5.74, 6) is 9.23. The Balaban J connectivity index is 1.29.